The molecule has 4 aromatic rings. The molecular weight excluding hydrogens is 452 g/mol. The predicted molar refractivity (Wildman–Crippen MR) is 146 cm³/mol. The highest BCUT2D eigenvalue weighted by Crippen LogP contribution is 2.37. The summed E-state index contributed by atoms with van der Waals surface area (Å²) in [6.45, 7) is 7.75. The number of benzene rings is 3. The maximum absolute atomic E-state index is 13.0. The minimum absolute atomic E-state index is 0.138. The van der Waals surface area contributed by atoms with E-state index in [0.717, 1.165) is 27.5 Å². The van der Waals surface area contributed by atoms with Gasteiger partial charge in [-0.05, 0) is 40.6 Å². The Morgan fingerprint density at radius 3 is 2.17 bits per heavy atom. The lowest BCUT2D eigenvalue weighted by Gasteiger charge is -2.24. The van der Waals surface area contributed by atoms with E-state index >= 15 is 0 Å². The molecular formula is C29H30N4O3. The van der Waals surface area contributed by atoms with Crippen LogP contribution in [0.15, 0.2) is 72.9 Å². The van der Waals surface area contributed by atoms with E-state index in [1.165, 1.54) is 6.92 Å². The van der Waals surface area contributed by atoms with Crippen molar-refractivity contribution in [2.75, 3.05) is 23.1 Å². The number of hydrogen-bond acceptors (Lipinski definition) is 4. The first-order valence-corrected chi connectivity index (χ1v) is 11.7. The van der Waals surface area contributed by atoms with Crippen LogP contribution < -0.4 is 20.7 Å². The molecule has 7 nitrogen and oxygen atoms in total. The number of nitrogens with zero attached hydrogens (tertiary/aromatic N) is 1. The number of carbonyl (C=O) groups is 2. The van der Waals surface area contributed by atoms with Gasteiger partial charge in [0.25, 0.3) is 0 Å². The van der Waals surface area contributed by atoms with Crippen LogP contribution in [-0.2, 0) is 10.2 Å². The van der Waals surface area contributed by atoms with Gasteiger partial charge in [0.15, 0.2) is 0 Å². The molecule has 0 radical (unpaired) electrons. The Hall–Kier alpha value is -4.39. The second kappa shape index (κ2) is 10.1. The van der Waals surface area contributed by atoms with Crippen LogP contribution in [0.3, 0.4) is 0 Å². The molecule has 0 saturated carbocycles. The van der Waals surface area contributed by atoms with E-state index in [-0.39, 0.29) is 17.4 Å². The zero-order valence-electron chi connectivity index (χ0n) is 21.1. The van der Waals surface area contributed by atoms with Crippen LogP contribution in [0.5, 0.6) is 5.75 Å². The van der Waals surface area contributed by atoms with Crippen LogP contribution in [0.2, 0.25) is 0 Å². The maximum Gasteiger partial charge on any atom is 0.323 e. The quantitative estimate of drug-likeness (QED) is 0.291. The van der Waals surface area contributed by atoms with Gasteiger partial charge in [0, 0.05) is 29.6 Å². The molecule has 4 rings (SSSR count). The lowest BCUT2D eigenvalue weighted by Crippen LogP contribution is -2.21. The number of ether oxygens (including phenoxy) is 1. The molecule has 3 amide bonds. The first-order chi connectivity index (χ1) is 17.2. The van der Waals surface area contributed by atoms with Crippen LogP contribution in [-0.4, -0.2) is 24.0 Å². The number of amides is 3. The van der Waals surface area contributed by atoms with Crippen LogP contribution in [0.1, 0.15) is 33.3 Å². The van der Waals surface area contributed by atoms with Gasteiger partial charge >= 0.3 is 6.03 Å². The van der Waals surface area contributed by atoms with E-state index < -0.39 is 0 Å². The van der Waals surface area contributed by atoms with Crippen molar-refractivity contribution in [1.29, 1.82) is 0 Å². The molecule has 0 aliphatic heterocycles. The first-order valence-electron chi connectivity index (χ1n) is 11.7. The second-order valence-electron chi connectivity index (χ2n) is 9.54. The molecule has 1 heterocycles. The second-order valence-corrected chi connectivity index (χ2v) is 9.54. The Bertz CT molecular complexity index is 1420. The standard InChI is InChI=1S/C29H30N4O3/c1-18(34)31-26-16-13-19(17-30-26)20-14-15-24(22-10-7-6-9-21(20)22)32-28(35)33-25-12-8-11-23(27(25)36-5)29(2,3)4/h6-17H,1-5H3,(H,30,31,34)(H2,32,33,35). The van der Waals surface area contributed by atoms with E-state index in [1.54, 1.807) is 19.4 Å². The molecule has 36 heavy (non-hydrogen) atoms. The zero-order valence-corrected chi connectivity index (χ0v) is 21.1. The summed E-state index contributed by atoms with van der Waals surface area (Å²) >= 11 is 0. The predicted octanol–water partition coefficient (Wildman–Crippen LogP) is 6.81. The van der Waals surface area contributed by atoms with Crippen molar-refractivity contribution in [2.24, 2.45) is 0 Å². The number of para-hydroxylation sites is 1. The van der Waals surface area contributed by atoms with Crippen molar-refractivity contribution in [1.82, 2.24) is 4.98 Å². The molecule has 7 heteroatoms. The number of urea groups is 1. The van der Waals surface area contributed by atoms with Crippen LogP contribution >= 0.6 is 0 Å². The topological polar surface area (TPSA) is 92.4 Å². The number of methoxy groups -OCH3 is 1. The Morgan fingerprint density at radius 1 is 0.806 bits per heavy atom. The van der Waals surface area contributed by atoms with Gasteiger partial charge in [-0.2, -0.15) is 0 Å². The summed E-state index contributed by atoms with van der Waals surface area (Å²) in [6.07, 6.45) is 1.72. The van der Waals surface area contributed by atoms with Gasteiger partial charge < -0.3 is 20.7 Å². The smallest absolute Gasteiger partial charge is 0.323 e. The number of fused-ring (bicyclic) bond motifs is 1. The van der Waals surface area contributed by atoms with Crippen molar-refractivity contribution in [3.05, 3.63) is 78.5 Å². The Labute approximate surface area is 210 Å². The van der Waals surface area contributed by atoms with Gasteiger partial charge in [-0.25, -0.2) is 9.78 Å². The number of carbonyl (C=O) groups excluding carboxylic acids is 2. The SMILES string of the molecule is COc1c(NC(=O)Nc2ccc(-c3ccc(NC(C)=O)nc3)c3ccccc23)cccc1C(C)(C)C. The lowest BCUT2D eigenvalue weighted by atomic mass is 9.86. The number of nitrogens with one attached hydrogen (secondary N) is 3. The summed E-state index contributed by atoms with van der Waals surface area (Å²) in [7, 11) is 1.61. The summed E-state index contributed by atoms with van der Waals surface area (Å²) in [6, 6.07) is 20.7. The fourth-order valence-electron chi connectivity index (χ4n) is 4.19. The third kappa shape index (κ3) is 5.30. The molecule has 0 spiro atoms. The first kappa shape index (κ1) is 24.7. The molecule has 0 saturated heterocycles. The van der Waals surface area contributed by atoms with Gasteiger partial charge in [0.05, 0.1) is 18.5 Å². The number of aromatic nitrogens is 1. The highest BCUT2D eigenvalue weighted by Gasteiger charge is 2.22. The Morgan fingerprint density at radius 2 is 1.53 bits per heavy atom. The van der Waals surface area contributed by atoms with Gasteiger partial charge in [0.1, 0.15) is 11.6 Å². The number of rotatable bonds is 5. The van der Waals surface area contributed by atoms with Crippen molar-refractivity contribution < 1.29 is 14.3 Å². The Kier molecular flexibility index (Phi) is 6.92. The summed E-state index contributed by atoms with van der Waals surface area (Å²) < 4.78 is 5.65. The molecule has 0 fully saturated rings. The van der Waals surface area contributed by atoms with Crippen molar-refractivity contribution >= 4 is 39.9 Å². The van der Waals surface area contributed by atoms with E-state index in [2.05, 4.69) is 41.7 Å². The lowest BCUT2D eigenvalue weighted by molar-refractivity contribution is -0.114. The van der Waals surface area contributed by atoms with Gasteiger partial charge in [-0.15, -0.1) is 0 Å². The number of hydrogen-bond donors (Lipinski definition) is 3. The monoisotopic (exact) mass is 482 g/mol. The largest absolute Gasteiger partial charge is 0.494 e. The van der Waals surface area contributed by atoms with Crippen molar-refractivity contribution in [3.8, 4) is 16.9 Å². The molecule has 1 aromatic heterocycles. The van der Waals surface area contributed by atoms with Gasteiger partial charge in [-0.1, -0.05) is 63.2 Å². The van der Waals surface area contributed by atoms with Crippen LogP contribution in [0.25, 0.3) is 21.9 Å². The third-order valence-corrected chi connectivity index (χ3v) is 5.83. The highest BCUT2D eigenvalue weighted by molar-refractivity contribution is 6.10. The van der Waals surface area contributed by atoms with E-state index in [0.29, 0.717) is 22.9 Å². The van der Waals surface area contributed by atoms with E-state index in [9.17, 15) is 9.59 Å². The fourth-order valence-corrected chi connectivity index (χ4v) is 4.19. The van der Waals surface area contributed by atoms with E-state index in [4.69, 9.17) is 4.74 Å². The normalized spacial score (nSPS) is 11.1. The van der Waals surface area contributed by atoms with Crippen LogP contribution in [0, 0.1) is 0 Å². The minimum Gasteiger partial charge on any atom is -0.494 e. The van der Waals surface area contributed by atoms with Gasteiger partial charge in [-0.3, -0.25) is 4.79 Å². The molecule has 0 bridgehead atoms. The molecule has 184 valence electrons. The maximum atomic E-state index is 13.0. The average Bonchev–Trinajstić information content (AvgIpc) is 2.84. The Balaban J connectivity index is 1.62. The summed E-state index contributed by atoms with van der Waals surface area (Å²) in [5.74, 6) is 0.976. The summed E-state index contributed by atoms with van der Waals surface area (Å²) in [5.41, 5.74) is 4.03. The molecule has 3 N–H and O–H groups in total. The average molecular weight is 483 g/mol. The molecule has 0 unspecified atom stereocenters. The summed E-state index contributed by atoms with van der Waals surface area (Å²) in [4.78, 5) is 28.6. The minimum atomic E-state index is -0.362. The van der Waals surface area contributed by atoms with Crippen molar-refractivity contribution in [2.45, 2.75) is 33.1 Å². The van der Waals surface area contributed by atoms with E-state index in [1.807, 2.05) is 60.7 Å². The highest BCUT2D eigenvalue weighted by atomic mass is 16.5. The summed E-state index contributed by atoms with van der Waals surface area (Å²) in [5, 5.41) is 10.5. The number of anilines is 3. The molecule has 0 aliphatic carbocycles. The molecule has 3 aromatic carbocycles. The third-order valence-electron chi connectivity index (χ3n) is 5.83. The number of pyridine rings is 1. The van der Waals surface area contributed by atoms with Crippen molar-refractivity contribution in [3.63, 3.8) is 0 Å². The fraction of sp³-hybridized carbons (Fsp3) is 0.207. The van der Waals surface area contributed by atoms with Crippen LogP contribution in [0.4, 0.5) is 22.0 Å². The zero-order chi connectivity index (χ0) is 25.9. The molecule has 0 atom stereocenters. The van der Waals surface area contributed by atoms with Gasteiger partial charge in [0.2, 0.25) is 5.91 Å². The molecule has 0 aliphatic rings.